The second kappa shape index (κ2) is 7.04. The smallest absolute Gasteiger partial charge is 0.294 e. The zero-order chi connectivity index (χ0) is 18.1. The summed E-state index contributed by atoms with van der Waals surface area (Å²) >= 11 is 0. The van der Waals surface area contributed by atoms with Gasteiger partial charge in [0.05, 0.1) is 11.5 Å². The van der Waals surface area contributed by atoms with Gasteiger partial charge < -0.3 is 25.1 Å². The van der Waals surface area contributed by atoms with Crippen LogP contribution in [0.3, 0.4) is 0 Å². The molecule has 136 valence electrons. The number of aryl methyl sites for hydroxylation is 1. The van der Waals surface area contributed by atoms with Crippen LogP contribution in [0, 0.1) is 6.92 Å². The monoisotopic (exact) mass is 361 g/mol. The van der Waals surface area contributed by atoms with Gasteiger partial charge in [-0.2, -0.15) is 8.42 Å². The molecule has 9 heteroatoms. The van der Waals surface area contributed by atoms with Gasteiger partial charge in [0, 0.05) is 0 Å². The van der Waals surface area contributed by atoms with E-state index in [4.69, 9.17) is 29.6 Å². The summed E-state index contributed by atoms with van der Waals surface area (Å²) in [5.74, 6) is -0.621. The molecule has 1 unspecified atom stereocenters. The van der Waals surface area contributed by atoms with Crippen LogP contribution in [0.4, 0.5) is 0 Å². The molecule has 8 nitrogen and oxygen atoms in total. The lowest BCUT2D eigenvalue weighted by molar-refractivity contribution is -0.189. The highest BCUT2D eigenvalue weighted by molar-refractivity contribution is 7.85. The highest BCUT2D eigenvalue weighted by atomic mass is 32.2. The van der Waals surface area contributed by atoms with E-state index in [0.29, 0.717) is 0 Å². The first-order valence-electron chi connectivity index (χ1n) is 7.45. The molecule has 0 radical (unpaired) electrons. The van der Waals surface area contributed by atoms with Crippen molar-refractivity contribution in [3.63, 3.8) is 0 Å². The minimum absolute atomic E-state index is 0.0666. The minimum Gasteiger partial charge on any atom is -0.394 e. The normalized spacial score (nSPS) is 31.2. The molecule has 1 aromatic rings. The lowest BCUT2D eigenvalue weighted by Crippen LogP contribution is -2.35. The molecule has 3 rings (SSSR count). The third-order valence-corrected chi connectivity index (χ3v) is 4.55. The van der Waals surface area contributed by atoms with Gasteiger partial charge in [0.2, 0.25) is 0 Å². The molecule has 0 saturated carbocycles. The van der Waals surface area contributed by atoms with E-state index < -0.39 is 22.1 Å². The molecule has 2 aliphatic heterocycles. The third kappa shape index (κ3) is 4.51. The van der Waals surface area contributed by atoms with Crippen LogP contribution in [0.2, 0.25) is 0 Å². The first-order valence-corrected chi connectivity index (χ1v) is 8.89. The second-order valence-electron chi connectivity index (χ2n) is 6.17. The molecule has 2 fully saturated rings. The van der Waals surface area contributed by atoms with Crippen molar-refractivity contribution in [3.05, 3.63) is 29.8 Å². The Bertz CT molecular complexity index is 659. The third-order valence-electron chi connectivity index (χ3n) is 3.68. The van der Waals surface area contributed by atoms with Crippen LogP contribution in [0.25, 0.3) is 0 Å². The van der Waals surface area contributed by atoms with E-state index in [2.05, 4.69) is 0 Å². The molecular formula is C15H23NO7S. The summed E-state index contributed by atoms with van der Waals surface area (Å²) in [6.45, 7) is 5.40. The SMILES string of the molecule is CC1(C)O[C@H]2[C@H](N)OC(CO)[C@H]2O1.Cc1ccc(S(=O)(=O)O)cc1. The van der Waals surface area contributed by atoms with Gasteiger partial charge in [-0.25, -0.2) is 0 Å². The molecule has 0 amide bonds. The van der Waals surface area contributed by atoms with Crippen LogP contribution in [0.5, 0.6) is 0 Å². The fraction of sp³-hybridized carbons (Fsp3) is 0.600. The van der Waals surface area contributed by atoms with Crippen molar-refractivity contribution in [1.29, 1.82) is 0 Å². The number of rotatable bonds is 2. The predicted molar refractivity (Wildman–Crippen MR) is 84.8 cm³/mol. The quantitative estimate of drug-likeness (QED) is 0.647. The van der Waals surface area contributed by atoms with Gasteiger partial charge in [-0.15, -0.1) is 0 Å². The van der Waals surface area contributed by atoms with Crippen LogP contribution >= 0.6 is 0 Å². The van der Waals surface area contributed by atoms with E-state index in [0.717, 1.165) is 5.56 Å². The van der Waals surface area contributed by atoms with E-state index >= 15 is 0 Å². The van der Waals surface area contributed by atoms with Crippen molar-refractivity contribution in [2.24, 2.45) is 5.73 Å². The summed E-state index contributed by atoms with van der Waals surface area (Å²) in [7, 11) is -4.02. The van der Waals surface area contributed by atoms with Crippen LogP contribution < -0.4 is 5.73 Å². The molecule has 4 N–H and O–H groups in total. The molecule has 2 heterocycles. The van der Waals surface area contributed by atoms with Crippen molar-refractivity contribution < 1.29 is 32.3 Å². The molecule has 0 aliphatic carbocycles. The van der Waals surface area contributed by atoms with Crippen molar-refractivity contribution in [2.75, 3.05) is 6.61 Å². The van der Waals surface area contributed by atoms with E-state index in [1.807, 2.05) is 20.8 Å². The van der Waals surface area contributed by atoms with Gasteiger partial charge in [-0.1, -0.05) is 17.7 Å². The standard InChI is InChI=1S/C8H15NO4.C7H8O3S/c1-8(2)12-5-4(3-10)11-7(9)6(5)13-8;1-6-2-4-7(5-3-6)11(8,9)10/h4-7,10H,3,9H2,1-2H3;2-5H,1H3,(H,8,9,10)/t4?,5-,6-,7-;/m1./s1. The van der Waals surface area contributed by atoms with E-state index in [1.54, 1.807) is 12.1 Å². The van der Waals surface area contributed by atoms with Gasteiger partial charge in [0.15, 0.2) is 5.79 Å². The number of fused-ring (bicyclic) bond motifs is 1. The number of aliphatic hydroxyl groups excluding tert-OH is 1. The average Bonchev–Trinajstić information content (AvgIpc) is 2.93. The Morgan fingerprint density at radius 2 is 1.71 bits per heavy atom. The zero-order valence-corrected chi connectivity index (χ0v) is 14.6. The van der Waals surface area contributed by atoms with Gasteiger partial charge in [-0.05, 0) is 32.9 Å². The fourth-order valence-electron chi connectivity index (χ4n) is 2.57. The molecule has 0 spiro atoms. The maximum Gasteiger partial charge on any atom is 0.294 e. The summed E-state index contributed by atoms with van der Waals surface area (Å²) in [5, 5.41) is 8.98. The van der Waals surface area contributed by atoms with Crippen LogP contribution in [0.15, 0.2) is 29.2 Å². The van der Waals surface area contributed by atoms with E-state index in [-0.39, 0.29) is 29.8 Å². The largest absolute Gasteiger partial charge is 0.394 e. The average molecular weight is 361 g/mol. The Morgan fingerprint density at radius 1 is 1.17 bits per heavy atom. The van der Waals surface area contributed by atoms with Crippen molar-refractivity contribution in [1.82, 2.24) is 0 Å². The van der Waals surface area contributed by atoms with Crippen LogP contribution in [-0.4, -0.2) is 55.0 Å². The van der Waals surface area contributed by atoms with Crippen molar-refractivity contribution >= 4 is 10.1 Å². The van der Waals surface area contributed by atoms with Gasteiger partial charge in [0.25, 0.3) is 10.1 Å². The highest BCUT2D eigenvalue weighted by Crippen LogP contribution is 2.36. The number of hydrogen-bond donors (Lipinski definition) is 3. The summed E-state index contributed by atoms with van der Waals surface area (Å²) in [5.41, 5.74) is 6.62. The number of ether oxygens (including phenoxy) is 3. The van der Waals surface area contributed by atoms with Crippen LogP contribution in [0.1, 0.15) is 19.4 Å². The van der Waals surface area contributed by atoms with Crippen molar-refractivity contribution in [3.8, 4) is 0 Å². The summed E-state index contributed by atoms with van der Waals surface area (Å²) in [6.07, 6.45) is -1.35. The van der Waals surface area contributed by atoms with Gasteiger partial charge in [-0.3, -0.25) is 4.55 Å². The molecular weight excluding hydrogens is 338 g/mol. The Kier molecular flexibility index (Phi) is 5.65. The summed E-state index contributed by atoms with van der Waals surface area (Å²) in [6, 6.07) is 5.99. The first-order chi connectivity index (χ1) is 11.0. The minimum atomic E-state index is -4.02. The molecule has 2 saturated heterocycles. The topological polar surface area (TPSA) is 128 Å². The lowest BCUT2D eigenvalue weighted by atomic mass is 10.1. The van der Waals surface area contributed by atoms with E-state index in [9.17, 15) is 8.42 Å². The molecule has 4 atom stereocenters. The molecule has 0 aromatic heterocycles. The number of benzene rings is 1. The summed E-state index contributed by atoms with van der Waals surface area (Å²) in [4.78, 5) is -0.0666. The number of aliphatic hydroxyl groups is 1. The second-order valence-corrected chi connectivity index (χ2v) is 7.60. The van der Waals surface area contributed by atoms with Crippen molar-refractivity contribution in [2.45, 2.75) is 56.0 Å². The summed E-state index contributed by atoms with van der Waals surface area (Å²) < 4.78 is 45.9. The fourth-order valence-corrected chi connectivity index (χ4v) is 3.05. The first kappa shape index (κ1) is 19.3. The maximum absolute atomic E-state index is 10.5. The van der Waals surface area contributed by atoms with Crippen LogP contribution in [-0.2, 0) is 24.3 Å². The lowest BCUT2D eigenvalue weighted by Gasteiger charge is -2.21. The molecule has 24 heavy (non-hydrogen) atoms. The Labute approximate surface area is 141 Å². The maximum atomic E-state index is 10.5. The Hall–Kier alpha value is -1.07. The number of nitrogens with two attached hydrogens (primary N) is 1. The van der Waals surface area contributed by atoms with E-state index in [1.165, 1.54) is 12.1 Å². The molecule has 2 aliphatic rings. The zero-order valence-electron chi connectivity index (χ0n) is 13.7. The van der Waals surface area contributed by atoms with Gasteiger partial charge in [0.1, 0.15) is 24.5 Å². The number of hydrogen-bond acceptors (Lipinski definition) is 7. The van der Waals surface area contributed by atoms with Gasteiger partial charge >= 0.3 is 0 Å². The molecule has 1 aromatic carbocycles. The predicted octanol–water partition coefficient (Wildman–Crippen LogP) is 0.424. The Morgan fingerprint density at radius 3 is 2.21 bits per heavy atom. The Balaban J connectivity index is 0.000000177. The molecule has 0 bridgehead atoms. The highest BCUT2D eigenvalue weighted by Gasteiger charge is 2.53.